The van der Waals surface area contributed by atoms with Crippen LogP contribution in [0.1, 0.15) is 38.8 Å². The molecule has 0 spiro atoms. The summed E-state index contributed by atoms with van der Waals surface area (Å²) in [5.41, 5.74) is 7.00. The normalized spacial score (nSPS) is 13.4. The van der Waals surface area contributed by atoms with Crippen molar-refractivity contribution >= 4 is 0 Å². The molecule has 0 aliphatic rings. The summed E-state index contributed by atoms with van der Waals surface area (Å²) in [7, 11) is 0. The minimum absolute atomic E-state index is 0.102. The lowest BCUT2D eigenvalue weighted by atomic mass is 10.1. The highest BCUT2D eigenvalue weighted by molar-refractivity contribution is 5.09. The molecule has 1 unspecified atom stereocenters. The van der Waals surface area contributed by atoms with E-state index in [1.54, 1.807) is 0 Å². The molecule has 0 saturated heterocycles. The minimum atomic E-state index is 0.102. The Morgan fingerprint density at radius 1 is 1.53 bits per heavy atom. The lowest BCUT2D eigenvalue weighted by Gasteiger charge is -2.07. The van der Waals surface area contributed by atoms with Crippen molar-refractivity contribution in [2.45, 2.75) is 45.9 Å². The number of ether oxygens (including phenoxy) is 1. The molecular formula is C11H21N3O. The predicted molar refractivity (Wildman–Crippen MR) is 60.5 cm³/mol. The van der Waals surface area contributed by atoms with Gasteiger partial charge in [0.25, 0.3) is 0 Å². The van der Waals surface area contributed by atoms with Crippen molar-refractivity contribution in [3.8, 4) is 0 Å². The number of rotatable bonds is 6. The molecule has 0 saturated carbocycles. The fourth-order valence-electron chi connectivity index (χ4n) is 1.31. The highest BCUT2D eigenvalue weighted by atomic mass is 16.5. The fraction of sp³-hybridized carbons (Fsp3) is 0.727. The van der Waals surface area contributed by atoms with Crippen LogP contribution >= 0.6 is 0 Å². The lowest BCUT2D eigenvalue weighted by Crippen LogP contribution is -2.11. The van der Waals surface area contributed by atoms with Crippen molar-refractivity contribution in [3.63, 3.8) is 0 Å². The van der Waals surface area contributed by atoms with E-state index in [1.165, 1.54) is 0 Å². The summed E-state index contributed by atoms with van der Waals surface area (Å²) in [5, 5.41) is 4.24. The van der Waals surface area contributed by atoms with E-state index in [9.17, 15) is 0 Å². The average molecular weight is 211 g/mol. The Morgan fingerprint density at radius 2 is 2.27 bits per heavy atom. The van der Waals surface area contributed by atoms with E-state index >= 15 is 0 Å². The molecule has 0 radical (unpaired) electrons. The van der Waals surface area contributed by atoms with Crippen LogP contribution in [0.25, 0.3) is 0 Å². The van der Waals surface area contributed by atoms with Crippen LogP contribution < -0.4 is 5.73 Å². The van der Waals surface area contributed by atoms with Gasteiger partial charge in [-0.25, -0.2) is 0 Å². The van der Waals surface area contributed by atoms with Crippen molar-refractivity contribution in [3.05, 3.63) is 18.0 Å². The van der Waals surface area contributed by atoms with Crippen molar-refractivity contribution in [1.29, 1.82) is 0 Å². The van der Waals surface area contributed by atoms with Gasteiger partial charge in [-0.2, -0.15) is 5.10 Å². The van der Waals surface area contributed by atoms with E-state index in [-0.39, 0.29) is 12.1 Å². The first kappa shape index (κ1) is 12.2. The van der Waals surface area contributed by atoms with Crippen molar-refractivity contribution < 1.29 is 4.74 Å². The van der Waals surface area contributed by atoms with Gasteiger partial charge in [0.05, 0.1) is 25.5 Å². The van der Waals surface area contributed by atoms with Crippen LogP contribution in [0.2, 0.25) is 0 Å². The second-order valence-corrected chi connectivity index (χ2v) is 3.97. The van der Waals surface area contributed by atoms with Gasteiger partial charge in [0.2, 0.25) is 0 Å². The Bertz CT molecular complexity index is 283. The van der Waals surface area contributed by atoms with Crippen molar-refractivity contribution in [2.24, 2.45) is 5.73 Å². The molecule has 0 bridgehead atoms. The molecule has 0 aliphatic carbocycles. The lowest BCUT2D eigenvalue weighted by molar-refractivity contribution is 0.0709. The standard InChI is InChI=1S/C11H21N3O/c1-4-11(12)10-7-13-14(8-10)5-6-15-9(2)3/h7-9,11H,4-6,12H2,1-3H3. The van der Waals surface area contributed by atoms with Gasteiger partial charge in [-0.15, -0.1) is 0 Å². The third-order valence-electron chi connectivity index (χ3n) is 2.29. The van der Waals surface area contributed by atoms with Gasteiger partial charge < -0.3 is 10.5 Å². The van der Waals surface area contributed by atoms with Crippen LogP contribution in [-0.2, 0) is 11.3 Å². The third-order valence-corrected chi connectivity index (χ3v) is 2.29. The second-order valence-electron chi connectivity index (χ2n) is 3.97. The van der Waals surface area contributed by atoms with Crippen LogP contribution in [0.5, 0.6) is 0 Å². The molecule has 4 heteroatoms. The molecular weight excluding hydrogens is 190 g/mol. The first-order chi connectivity index (χ1) is 7.13. The molecule has 1 aromatic heterocycles. The number of hydrogen-bond acceptors (Lipinski definition) is 3. The molecule has 2 N–H and O–H groups in total. The Hall–Kier alpha value is -0.870. The summed E-state index contributed by atoms with van der Waals surface area (Å²) >= 11 is 0. The molecule has 4 nitrogen and oxygen atoms in total. The van der Waals surface area contributed by atoms with Gasteiger partial charge in [-0.3, -0.25) is 4.68 Å². The molecule has 1 rings (SSSR count). The zero-order chi connectivity index (χ0) is 11.3. The summed E-state index contributed by atoms with van der Waals surface area (Å²) in [6.45, 7) is 7.61. The summed E-state index contributed by atoms with van der Waals surface area (Å²) in [4.78, 5) is 0. The quantitative estimate of drug-likeness (QED) is 0.779. The van der Waals surface area contributed by atoms with E-state index in [1.807, 2.05) is 30.9 Å². The Balaban J connectivity index is 2.39. The fourth-order valence-corrected chi connectivity index (χ4v) is 1.31. The van der Waals surface area contributed by atoms with E-state index in [2.05, 4.69) is 12.0 Å². The molecule has 1 atom stereocenters. The maximum absolute atomic E-state index is 5.90. The molecule has 0 fully saturated rings. The number of aromatic nitrogens is 2. The minimum Gasteiger partial charge on any atom is -0.377 e. The third kappa shape index (κ3) is 4.01. The number of nitrogens with zero attached hydrogens (tertiary/aromatic N) is 2. The number of nitrogens with two attached hydrogens (primary N) is 1. The smallest absolute Gasteiger partial charge is 0.0666 e. The first-order valence-electron chi connectivity index (χ1n) is 5.53. The van der Waals surface area contributed by atoms with E-state index in [4.69, 9.17) is 10.5 Å². The maximum atomic E-state index is 5.90. The topological polar surface area (TPSA) is 53.1 Å². The van der Waals surface area contributed by atoms with Crippen LogP contribution in [0.4, 0.5) is 0 Å². The number of hydrogen-bond donors (Lipinski definition) is 1. The van der Waals surface area contributed by atoms with Gasteiger partial charge >= 0.3 is 0 Å². The molecule has 86 valence electrons. The molecule has 1 aromatic rings. The van der Waals surface area contributed by atoms with E-state index in [0.29, 0.717) is 6.61 Å². The van der Waals surface area contributed by atoms with E-state index in [0.717, 1.165) is 18.5 Å². The average Bonchev–Trinajstić information content (AvgIpc) is 2.65. The van der Waals surface area contributed by atoms with Gasteiger partial charge in [-0.05, 0) is 20.3 Å². The molecule has 0 aromatic carbocycles. The Kier molecular flexibility index (Phi) is 4.78. The van der Waals surface area contributed by atoms with Crippen LogP contribution in [0, 0.1) is 0 Å². The zero-order valence-corrected chi connectivity index (χ0v) is 9.81. The van der Waals surface area contributed by atoms with Crippen LogP contribution in [0.3, 0.4) is 0 Å². The predicted octanol–water partition coefficient (Wildman–Crippen LogP) is 1.72. The highest BCUT2D eigenvalue weighted by Gasteiger charge is 2.05. The SMILES string of the molecule is CCC(N)c1cnn(CCOC(C)C)c1. The van der Waals surface area contributed by atoms with Crippen LogP contribution in [-0.4, -0.2) is 22.5 Å². The largest absolute Gasteiger partial charge is 0.377 e. The monoisotopic (exact) mass is 211 g/mol. The van der Waals surface area contributed by atoms with E-state index < -0.39 is 0 Å². The van der Waals surface area contributed by atoms with Crippen LogP contribution in [0.15, 0.2) is 12.4 Å². The summed E-state index contributed by atoms with van der Waals surface area (Å²) in [6, 6.07) is 0.102. The van der Waals surface area contributed by atoms with Gasteiger partial charge in [0, 0.05) is 17.8 Å². The zero-order valence-electron chi connectivity index (χ0n) is 9.81. The maximum Gasteiger partial charge on any atom is 0.0666 e. The van der Waals surface area contributed by atoms with Crippen molar-refractivity contribution in [2.75, 3.05) is 6.61 Å². The molecule has 15 heavy (non-hydrogen) atoms. The van der Waals surface area contributed by atoms with Gasteiger partial charge in [0.15, 0.2) is 0 Å². The Morgan fingerprint density at radius 3 is 2.87 bits per heavy atom. The molecule has 1 heterocycles. The summed E-state index contributed by atoms with van der Waals surface area (Å²) < 4.78 is 7.33. The van der Waals surface area contributed by atoms with Gasteiger partial charge in [-0.1, -0.05) is 6.92 Å². The first-order valence-corrected chi connectivity index (χ1v) is 5.53. The highest BCUT2D eigenvalue weighted by Crippen LogP contribution is 2.11. The van der Waals surface area contributed by atoms with Gasteiger partial charge in [0.1, 0.15) is 0 Å². The Labute approximate surface area is 91.4 Å². The van der Waals surface area contributed by atoms with Crippen molar-refractivity contribution in [1.82, 2.24) is 9.78 Å². The summed E-state index contributed by atoms with van der Waals surface area (Å²) in [5.74, 6) is 0. The second kappa shape index (κ2) is 5.88. The molecule has 0 amide bonds. The molecule has 0 aliphatic heterocycles. The summed E-state index contributed by atoms with van der Waals surface area (Å²) in [6.07, 6.45) is 5.05.